The van der Waals surface area contributed by atoms with Gasteiger partial charge in [-0.1, -0.05) is 19.9 Å². The normalized spacial score (nSPS) is 12.6. The third kappa shape index (κ3) is 4.27. The van der Waals surface area contributed by atoms with E-state index in [1.165, 1.54) is 0 Å². The maximum atomic E-state index is 12.0. The van der Waals surface area contributed by atoms with Crippen LogP contribution >= 0.6 is 0 Å². The monoisotopic (exact) mass is 335 g/mol. The van der Waals surface area contributed by atoms with Crippen LogP contribution in [0.15, 0.2) is 22.6 Å². The van der Waals surface area contributed by atoms with E-state index in [9.17, 15) is 9.90 Å². The number of ether oxygens (including phenoxy) is 2. The highest BCUT2D eigenvalue weighted by Crippen LogP contribution is 2.33. The number of rotatable bonds is 8. The molecule has 0 aliphatic carbocycles. The van der Waals surface area contributed by atoms with Crippen LogP contribution in [0.3, 0.4) is 0 Å². The summed E-state index contributed by atoms with van der Waals surface area (Å²) in [4.78, 5) is 12.0. The van der Waals surface area contributed by atoms with E-state index in [1.807, 2.05) is 13.8 Å². The SMILES string of the molecule is CCOC(=O)c1oc2cccc(OC[C@@H](O)CNC(C)C)c2c1C. The number of furan rings is 1. The molecule has 1 atom stereocenters. The summed E-state index contributed by atoms with van der Waals surface area (Å²) in [5, 5.41) is 13.9. The van der Waals surface area contributed by atoms with Crippen LogP contribution in [-0.2, 0) is 4.74 Å². The van der Waals surface area contributed by atoms with Crippen LogP contribution in [0.4, 0.5) is 0 Å². The molecule has 1 aromatic heterocycles. The fraction of sp³-hybridized carbons (Fsp3) is 0.500. The minimum absolute atomic E-state index is 0.151. The van der Waals surface area contributed by atoms with Gasteiger partial charge in [0.25, 0.3) is 0 Å². The van der Waals surface area contributed by atoms with Crippen LogP contribution in [0, 0.1) is 6.92 Å². The van der Waals surface area contributed by atoms with Crippen molar-refractivity contribution in [3.8, 4) is 5.75 Å². The minimum Gasteiger partial charge on any atom is -0.490 e. The fourth-order valence-corrected chi connectivity index (χ4v) is 2.39. The van der Waals surface area contributed by atoms with Crippen molar-refractivity contribution in [1.29, 1.82) is 0 Å². The van der Waals surface area contributed by atoms with Gasteiger partial charge in [0, 0.05) is 18.2 Å². The summed E-state index contributed by atoms with van der Waals surface area (Å²) >= 11 is 0. The predicted molar refractivity (Wildman–Crippen MR) is 91.5 cm³/mol. The molecule has 2 rings (SSSR count). The molecule has 0 bridgehead atoms. The van der Waals surface area contributed by atoms with Crippen molar-refractivity contribution >= 4 is 16.9 Å². The van der Waals surface area contributed by atoms with Gasteiger partial charge in [-0.05, 0) is 26.0 Å². The molecule has 0 saturated heterocycles. The predicted octanol–water partition coefficient (Wildman–Crippen LogP) is 2.66. The molecule has 0 aliphatic heterocycles. The Labute approximate surface area is 141 Å². The van der Waals surface area contributed by atoms with Crippen LogP contribution in [0.2, 0.25) is 0 Å². The largest absolute Gasteiger partial charge is 0.490 e. The van der Waals surface area contributed by atoms with E-state index in [2.05, 4.69) is 5.32 Å². The van der Waals surface area contributed by atoms with Gasteiger partial charge >= 0.3 is 5.97 Å². The Morgan fingerprint density at radius 1 is 1.38 bits per heavy atom. The zero-order valence-electron chi connectivity index (χ0n) is 14.6. The van der Waals surface area contributed by atoms with Crippen molar-refractivity contribution in [3.05, 3.63) is 29.5 Å². The number of fused-ring (bicyclic) bond motifs is 1. The van der Waals surface area contributed by atoms with Gasteiger partial charge in [0.05, 0.1) is 12.0 Å². The number of carbonyl (C=O) groups excluding carboxylic acids is 1. The van der Waals surface area contributed by atoms with Crippen molar-refractivity contribution in [3.63, 3.8) is 0 Å². The van der Waals surface area contributed by atoms with Gasteiger partial charge in [0.2, 0.25) is 5.76 Å². The first-order valence-electron chi connectivity index (χ1n) is 8.17. The smallest absolute Gasteiger partial charge is 0.374 e. The van der Waals surface area contributed by atoms with Crippen molar-refractivity contribution in [2.24, 2.45) is 0 Å². The van der Waals surface area contributed by atoms with Crippen LogP contribution in [0.5, 0.6) is 5.75 Å². The van der Waals surface area contributed by atoms with E-state index in [0.29, 0.717) is 29.5 Å². The van der Waals surface area contributed by atoms with Crippen LogP contribution in [-0.4, -0.2) is 43.0 Å². The lowest BCUT2D eigenvalue weighted by Crippen LogP contribution is -2.35. The summed E-state index contributed by atoms with van der Waals surface area (Å²) in [7, 11) is 0. The first-order valence-corrected chi connectivity index (χ1v) is 8.17. The maximum absolute atomic E-state index is 12.0. The Kier molecular flexibility index (Phi) is 6.23. The molecule has 0 saturated carbocycles. The van der Waals surface area contributed by atoms with E-state index in [4.69, 9.17) is 13.9 Å². The van der Waals surface area contributed by atoms with Crippen molar-refractivity contribution < 1.29 is 23.8 Å². The number of hydrogen-bond acceptors (Lipinski definition) is 6. The molecule has 1 aromatic carbocycles. The second-order valence-electron chi connectivity index (χ2n) is 5.93. The number of esters is 1. The molecule has 6 heteroatoms. The molecule has 1 heterocycles. The zero-order chi connectivity index (χ0) is 17.7. The lowest BCUT2D eigenvalue weighted by atomic mass is 10.1. The lowest BCUT2D eigenvalue weighted by molar-refractivity contribution is 0.0491. The molecule has 0 radical (unpaired) electrons. The molecule has 0 amide bonds. The van der Waals surface area contributed by atoms with Crippen LogP contribution < -0.4 is 10.1 Å². The summed E-state index contributed by atoms with van der Waals surface area (Å²) in [6.07, 6.45) is -0.626. The molecular formula is C18H25NO5. The van der Waals surface area contributed by atoms with E-state index in [-0.39, 0.29) is 19.0 Å². The molecule has 6 nitrogen and oxygen atoms in total. The molecule has 2 aromatic rings. The first-order chi connectivity index (χ1) is 11.4. The topological polar surface area (TPSA) is 80.9 Å². The van der Waals surface area contributed by atoms with E-state index in [0.717, 1.165) is 5.39 Å². The standard InChI is InChI=1S/C18H25NO5/c1-5-22-18(21)17-12(4)16-14(7-6-8-15(16)24-17)23-10-13(20)9-19-11(2)3/h6-8,11,13,19-20H,5,9-10H2,1-4H3/t13-/m0/s1. The molecule has 2 N–H and O–H groups in total. The van der Waals surface area contributed by atoms with Crippen LogP contribution in [0.25, 0.3) is 11.0 Å². The Balaban J connectivity index is 2.17. The van der Waals surface area contributed by atoms with Gasteiger partial charge in [0.1, 0.15) is 24.0 Å². The van der Waals surface area contributed by atoms with Gasteiger partial charge in [-0.25, -0.2) is 4.79 Å². The van der Waals surface area contributed by atoms with Crippen molar-refractivity contribution in [2.75, 3.05) is 19.8 Å². The Bertz CT molecular complexity index is 692. The Morgan fingerprint density at radius 3 is 2.79 bits per heavy atom. The Morgan fingerprint density at radius 2 is 2.12 bits per heavy atom. The summed E-state index contributed by atoms with van der Waals surface area (Å²) in [6.45, 7) is 8.46. The second kappa shape index (κ2) is 8.17. The van der Waals surface area contributed by atoms with Gasteiger partial charge in [-0.2, -0.15) is 0 Å². The Hall–Kier alpha value is -2.05. The average Bonchev–Trinajstić information content (AvgIpc) is 2.89. The number of aliphatic hydroxyl groups is 1. The third-order valence-electron chi connectivity index (χ3n) is 3.57. The summed E-state index contributed by atoms with van der Waals surface area (Å²) in [6, 6.07) is 5.65. The van der Waals surface area contributed by atoms with Gasteiger partial charge in [-0.15, -0.1) is 0 Å². The molecule has 132 valence electrons. The van der Waals surface area contributed by atoms with Crippen LogP contribution in [0.1, 0.15) is 36.9 Å². The molecule has 0 aliphatic rings. The average molecular weight is 335 g/mol. The van der Waals surface area contributed by atoms with E-state index >= 15 is 0 Å². The van der Waals surface area contributed by atoms with Crippen molar-refractivity contribution in [1.82, 2.24) is 5.32 Å². The number of hydrogen-bond donors (Lipinski definition) is 2. The third-order valence-corrected chi connectivity index (χ3v) is 3.57. The number of aryl methyl sites for hydroxylation is 1. The maximum Gasteiger partial charge on any atom is 0.374 e. The number of nitrogens with one attached hydrogen (secondary N) is 1. The first kappa shape index (κ1) is 18.3. The molecule has 0 fully saturated rings. The van der Waals surface area contributed by atoms with Crippen molar-refractivity contribution in [2.45, 2.75) is 39.8 Å². The molecule has 0 unspecified atom stereocenters. The zero-order valence-corrected chi connectivity index (χ0v) is 14.6. The molecular weight excluding hydrogens is 310 g/mol. The minimum atomic E-state index is -0.626. The van der Waals surface area contributed by atoms with Gasteiger partial charge < -0.3 is 24.3 Å². The molecule has 24 heavy (non-hydrogen) atoms. The fourth-order valence-electron chi connectivity index (χ4n) is 2.39. The second-order valence-corrected chi connectivity index (χ2v) is 5.93. The highest BCUT2D eigenvalue weighted by molar-refractivity contribution is 5.98. The summed E-state index contributed by atoms with van der Waals surface area (Å²) in [5.74, 6) is 0.274. The van der Waals surface area contributed by atoms with E-state index in [1.54, 1.807) is 32.0 Å². The highest BCUT2D eigenvalue weighted by Gasteiger charge is 2.21. The molecule has 0 spiro atoms. The number of aliphatic hydroxyl groups excluding tert-OH is 1. The lowest BCUT2D eigenvalue weighted by Gasteiger charge is -2.15. The van der Waals surface area contributed by atoms with Gasteiger partial charge in [0.15, 0.2) is 0 Å². The summed E-state index contributed by atoms with van der Waals surface area (Å²) in [5.41, 5.74) is 1.23. The number of carbonyl (C=O) groups is 1. The number of benzene rings is 1. The highest BCUT2D eigenvalue weighted by atomic mass is 16.5. The van der Waals surface area contributed by atoms with E-state index < -0.39 is 12.1 Å². The summed E-state index contributed by atoms with van der Waals surface area (Å²) < 4.78 is 16.4. The quantitative estimate of drug-likeness (QED) is 0.722. The van der Waals surface area contributed by atoms with Gasteiger partial charge in [-0.3, -0.25) is 0 Å².